The Balaban J connectivity index is 3.18. The first-order valence-corrected chi connectivity index (χ1v) is 8.84. The number of benzene rings is 1. The molecule has 0 bridgehead atoms. The zero-order valence-electron chi connectivity index (χ0n) is 16.4. The van der Waals surface area contributed by atoms with E-state index in [1.807, 2.05) is 18.2 Å². The second-order valence-electron chi connectivity index (χ2n) is 7.48. The van der Waals surface area contributed by atoms with Crippen molar-refractivity contribution in [3.63, 3.8) is 0 Å². The highest BCUT2D eigenvalue weighted by Gasteiger charge is 2.19. The summed E-state index contributed by atoms with van der Waals surface area (Å²) in [5, 5.41) is 0. The van der Waals surface area contributed by atoms with Gasteiger partial charge in [-0.1, -0.05) is 82.0 Å². The molecule has 1 heteroatoms. The Morgan fingerprint density at radius 3 is 2.08 bits per heavy atom. The van der Waals surface area contributed by atoms with E-state index in [1.54, 1.807) is 0 Å². The summed E-state index contributed by atoms with van der Waals surface area (Å²) in [6.45, 7) is 24.9. The van der Waals surface area contributed by atoms with Crippen LogP contribution in [0, 0.1) is 5.41 Å². The normalized spacial score (nSPS) is 12.3. The summed E-state index contributed by atoms with van der Waals surface area (Å²) in [6, 6.07) is 8.30. The van der Waals surface area contributed by atoms with Crippen LogP contribution in [0.15, 0.2) is 78.9 Å². The fourth-order valence-electron chi connectivity index (χ4n) is 3.04. The lowest BCUT2D eigenvalue weighted by molar-refractivity contribution is 0.479. The maximum atomic E-state index is 5.76. The van der Waals surface area contributed by atoms with Crippen molar-refractivity contribution in [3.05, 3.63) is 90.1 Å². The first-order valence-electron chi connectivity index (χ1n) is 8.84. The van der Waals surface area contributed by atoms with E-state index in [0.717, 1.165) is 36.0 Å². The average molecular weight is 336 g/mol. The standard InChI is InChI=1S/C24H33N/c1-9-21(15-20-11-13-22(14-12-20)19(6)25)23(17(3)4)18(5)16-24(7,8)10-2/h10-14H,2-3,5-6,9,15-16,25H2,1,4,7-8H3/b23-21+. The zero-order chi connectivity index (χ0) is 19.2. The van der Waals surface area contributed by atoms with Crippen molar-refractivity contribution < 1.29 is 0 Å². The minimum Gasteiger partial charge on any atom is -0.399 e. The summed E-state index contributed by atoms with van der Waals surface area (Å²) < 4.78 is 0. The molecular weight excluding hydrogens is 302 g/mol. The topological polar surface area (TPSA) is 26.0 Å². The summed E-state index contributed by atoms with van der Waals surface area (Å²) in [5.41, 5.74) is 13.4. The lowest BCUT2D eigenvalue weighted by Crippen LogP contribution is -2.10. The third-order valence-corrected chi connectivity index (χ3v) is 4.52. The Kier molecular flexibility index (Phi) is 7.23. The summed E-state index contributed by atoms with van der Waals surface area (Å²) in [5.74, 6) is 0. The molecule has 1 aromatic carbocycles. The molecule has 0 heterocycles. The molecule has 25 heavy (non-hydrogen) atoms. The monoisotopic (exact) mass is 335 g/mol. The fourth-order valence-corrected chi connectivity index (χ4v) is 3.04. The molecule has 0 fully saturated rings. The average Bonchev–Trinajstić information content (AvgIpc) is 2.53. The first kappa shape index (κ1) is 20.8. The first-order chi connectivity index (χ1) is 11.6. The summed E-state index contributed by atoms with van der Waals surface area (Å²) in [4.78, 5) is 0. The number of allylic oxidation sites excluding steroid dienone is 5. The van der Waals surface area contributed by atoms with Gasteiger partial charge in [0, 0.05) is 5.70 Å². The maximum Gasteiger partial charge on any atom is 0.0314 e. The molecule has 1 nitrogen and oxygen atoms in total. The van der Waals surface area contributed by atoms with E-state index in [-0.39, 0.29) is 5.41 Å². The maximum absolute atomic E-state index is 5.76. The van der Waals surface area contributed by atoms with Crippen LogP contribution in [0.4, 0.5) is 0 Å². The molecule has 0 amide bonds. The van der Waals surface area contributed by atoms with Gasteiger partial charge in [-0.25, -0.2) is 0 Å². The van der Waals surface area contributed by atoms with Gasteiger partial charge in [-0.2, -0.15) is 0 Å². The van der Waals surface area contributed by atoms with Gasteiger partial charge in [0.25, 0.3) is 0 Å². The third-order valence-electron chi connectivity index (χ3n) is 4.52. The molecular formula is C24H33N. The molecule has 0 aliphatic carbocycles. The van der Waals surface area contributed by atoms with Gasteiger partial charge in [0.1, 0.15) is 0 Å². The van der Waals surface area contributed by atoms with Crippen LogP contribution in [0.3, 0.4) is 0 Å². The lowest BCUT2D eigenvalue weighted by Gasteiger charge is -2.25. The van der Waals surface area contributed by atoms with Crippen molar-refractivity contribution in [2.45, 2.75) is 47.0 Å². The van der Waals surface area contributed by atoms with Crippen LogP contribution in [0.25, 0.3) is 5.70 Å². The van der Waals surface area contributed by atoms with Crippen LogP contribution in [0.2, 0.25) is 0 Å². The smallest absolute Gasteiger partial charge is 0.0314 e. The van der Waals surface area contributed by atoms with Crippen LogP contribution < -0.4 is 5.73 Å². The van der Waals surface area contributed by atoms with E-state index in [1.165, 1.54) is 16.7 Å². The highest BCUT2D eigenvalue weighted by atomic mass is 14.6. The van der Waals surface area contributed by atoms with Crippen molar-refractivity contribution in [3.8, 4) is 0 Å². The van der Waals surface area contributed by atoms with E-state index >= 15 is 0 Å². The van der Waals surface area contributed by atoms with Crippen molar-refractivity contribution in [2.24, 2.45) is 11.1 Å². The van der Waals surface area contributed by atoms with Gasteiger partial charge in [0.2, 0.25) is 0 Å². The largest absolute Gasteiger partial charge is 0.399 e. The van der Waals surface area contributed by atoms with E-state index in [9.17, 15) is 0 Å². The minimum absolute atomic E-state index is 0.0276. The van der Waals surface area contributed by atoms with Gasteiger partial charge in [-0.05, 0) is 53.9 Å². The molecule has 0 saturated heterocycles. The minimum atomic E-state index is 0.0276. The van der Waals surface area contributed by atoms with Gasteiger partial charge in [0.15, 0.2) is 0 Å². The lowest BCUT2D eigenvalue weighted by atomic mass is 9.80. The summed E-state index contributed by atoms with van der Waals surface area (Å²) >= 11 is 0. The van der Waals surface area contributed by atoms with E-state index in [0.29, 0.717) is 5.70 Å². The Hall–Kier alpha value is -2.28. The SMILES string of the molecule is C=CC(C)(C)CC(=C)/C(C(=C)C)=C(\CC)Cc1ccc(C(=C)N)cc1. The van der Waals surface area contributed by atoms with Crippen LogP contribution in [-0.2, 0) is 6.42 Å². The van der Waals surface area contributed by atoms with Gasteiger partial charge in [-0.15, -0.1) is 6.58 Å². The van der Waals surface area contributed by atoms with Gasteiger partial charge >= 0.3 is 0 Å². The van der Waals surface area contributed by atoms with E-state index in [4.69, 9.17) is 5.73 Å². The Labute approximate surface area is 154 Å². The van der Waals surface area contributed by atoms with Gasteiger partial charge in [0.05, 0.1) is 0 Å². The fraction of sp³-hybridized carbons (Fsp3) is 0.333. The molecule has 0 aliphatic heterocycles. The Morgan fingerprint density at radius 1 is 1.12 bits per heavy atom. The second kappa shape index (κ2) is 8.71. The Morgan fingerprint density at radius 2 is 1.68 bits per heavy atom. The number of rotatable bonds is 9. The van der Waals surface area contributed by atoms with Crippen molar-refractivity contribution >= 4 is 5.70 Å². The summed E-state index contributed by atoms with van der Waals surface area (Å²) in [7, 11) is 0. The molecule has 1 aromatic rings. The second-order valence-corrected chi connectivity index (χ2v) is 7.48. The van der Waals surface area contributed by atoms with Crippen molar-refractivity contribution in [1.82, 2.24) is 0 Å². The molecule has 2 N–H and O–H groups in total. The molecule has 0 spiro atoms. The van der Waals surface area contributed by atoms with Crippen molar-refractivity contribution in [2.75, 3.05) is 0 Å². The van der Waals surface area contributed by atoms with E-state index in [2.05, 4.69) is 66.1 Å². The Bertz CT molecular complexity index is 696. The highest BCUT2D eigenvalue weighted by Crippen LogP contribution is 2.34. The molecule has 0 aliphatic rings. The molecule has 0 unspecified atom stereocenters. The molecule has 134 valence electrons. The quantitative estimate of drug-likeness (QED) is 0.399. The molecule has 0 saturated carbocycles. The number of nitrogens with two attached hydrogens (primary N) is 1. The van der Waals surface area contributed by atoms with Crippen LogP contribution in [-0.4, -0.2) is 0 Å². The molecule has 1 rings (SSSR count). The molecule has 0 atom stereocenters. The number of hydrogen-bond acceptors (Lipinski definition) is 1. The molecule has 0 radical (unpaired) electrons. The van der Waals surface area contributed by atoms with Crippen LogP contribution in [0.1, 0.15) is 51.7 Å². The van der Waals surface area contributed by atoms with Crippen molar-refractivity contribution in [1.29, 1.82) is 0 Å². The number of hydrogen-bond donors (Lipinski definition) is 1. The van der Waals surface area contributed by atoms with Gasteiger partial charge in [-0.3, -0.25) is 0 Å². The van der Waals surface area contributed by atoms with E-state index < -0.39 is 0 Å². The third kappa shape index (κ3) is 5.94. The molecule has 0 aromatic heterocycles. The highest BCUT2D eigenvalue weighted by molar-refractivity contribution is 5.60. The summed E-state index contributed by atoms with van der Waals surface area (Å²) in [6.07, 6.45) is 4.75. The van der Waals surface area contributed by atoms with Crippen LogP contribution >= 0.6 is 0 Å². The zero-order valence-corrected chi connectivity index (χ0v) is 16.4. The van der Waals surface area contributed by atoms with Crippen LogP contribution in [0.5, 0.6) is 0 Å². The van der Waals surface area contributed by atoms with Gasteiger partial charge < -0.3 is 5.73 Å². The predicted molar refractivity (Wildman–Crippen MR) is 113 cm³/mol. The predicted octanol–water partition coefficient (Wildman–Crippen LogP) is 6.60.